The van der Waals surface area contributed by atoms with E-state index in [0.29, 0.717) is 6.42 Å². The van der Waals surface area contributed by atoms with E-state index in [4.69, 9.17) is 31.4 Å². The second kappa shape index (κ2) is 41.4. The Morgan fingerprint density at radius 2 is 1.35 bits per heavy atom. The maximum absolute atomic E-state index is 14.7. The van der Waals surface area contributed by atoms with Gasteiger partial charge in [-0.05, 0) is 65.7 Å². The van der Waals surface area contributed by atoms with E-state index in [1.165, 1.54) is 6.92 Å². The van der Waals surface area contributed by atoms with Crippen molar-refractivity contribution in [1.29, 1.82) is 0 Å². The monoisotopic (exact) mass is 1300 g/mol. The zero-order chi connectivity index (χ0) is 68.7. The van der Waals surface area contributed by atoms with Gasteiger partial charge in [0.25, 0.3) is 5.91 Å². The van der Waals surface area contributed by atoms with Crippen molar-refractivity contribution in [2.75, 3.05) is 33.3 Å². The number of carbonyl (C=O) groups is 11. The Bertz CT molecular complexity index is 2460. The average Bonchev–Trinajstić information content (AvgIpc) is 0.948. The van der Waals surface area contributed by atoms with E-state index in [9.17, 15) is 83.4 Å². The summed E-state index contributed by atoms with van der Waals surface area (Å²) in [5.74, 6) is -12.4. The van der Waals surface area contributed by atoms with Crippen LogP contribution in [0.2, 0.25) is 0 Å². The summed E-state index contributed by atoms with van der Waals surface area (Å²) >= 11 is 0. The molecule has 10 amide bonds. The molecule has 2 aliphatic heterocycles. The first kappa shape index (κ1) is 80.0. The molecule has 0 spiro atoms. The highest BCUT2D eigenvalue weighted by atomic mass is 16.7. The molecule has 0 radical (unpaired) electrons. The van der Waals surface area contributed by atoms with Gasteiger partial charge in [-0.1, -0.05) is 84.6 Å². The number of unbranched alkanes of at least 4 members (excludes halogenated alkanes) is 8. The molecule has 15 atom stereocenters. The summed E-state index contributed by atoms with van der Waals surface area (Å²) in [4.78, 5) is 156. The maximum atomic E-state index is 14.7. The van der Waals surface area contributed by atoms with Crippen LogP contribution in [0.5, 0.6) is 0 Å². The van der Waals surface area contributed by atoms with E-state index < -0.39 is 195 Å². The summed E-state index contributed by atoms with van der Waals surface area (Å²) < 4.78 is 17.4. The van der Waals surface area contributed by atoms with Gasteiger partial charge in [0.05, 0.1) is 44.4 Å². The standard InChI is InChI=1S/C58H101N13O20/c1-9-11-12-13-14-15-16-17-18-20-34(90-57-49(81)48(80)47(79)39(29-72)91-57)26-41(76)65-35(10-2)52(84)70-45-33(7)89-56(88)37(21-19-24-62-58(60)61)67-55(87)46(32(6)74)71(8)43(78)28-64-50(82)36(22-23-40(59)75)66-42(77)27-63-51(83)38(25-30(3)4)68-53(85)44(31(5)73)69-54(45)86/h10,30-34,36-39,44-49,57,72-74,79-81H,9,11-29H2,1-8H3,(H2,59,75)(H,63,83)(H,64,82)(H,65,76)(H,66,77)(H,67,87)(H,68,85)(H,69,86)(H,70,84)(H4,60,61,62)/b35-10-/t31-,32+,33-,34-,36-,37+,38-,39-,44-,45+,46+,47-,48+,49-,57+/m1/s1. The van der Waals surface area contributed by atoms with Crippen LogP contribution in [0.1, 0.15) is 151 Å². The van der Waals surface area contributed by atoms with Gasteiger partial charge in [-0.3, -0.25) is 52.9 Å². The molecule has 33 heteroatoms. The number of rotatable bonds is 29. The largest absolute Gasteiger partial charge is 0.458 e. The number of amides is 10. The van der Waals surface area contributed by atoms with E-state index in [1.54, 1.807) is 13.8 Å². The van der Waals surface area contributed by atoms with Crippen molar-refractivity contribution >= 4 is 71.0 Å². The van der Waals surface area contributed by atoms with Crippen molar-refractivity contribution < 1.29 is 97.6 Å². The van der Waals surface area contributed by atoms with Gasteiger partial charge in [0, 0.05) is 20.0 Å². The normalized spacial score (nSPS) is 26.8. The summed E-state index contributed by atoms with van der Waals surface area (Å²) in [6.07, 6.45) is -6.44. The van der Waals surface area contributed by atoms with Crippen molar-refractivity contribution in [2.45, 2.75) is 243 Å². The van der Waals surface area contributed by atoms with Gasteiger partial charge in [-0.2, -0.15) is 0 Å². The van der Waals surface area contributed by atoms with Crippen LogP contribution < -0.4 is 59.7 Å². The number of nitrogens with zero attached hydrogens (tertiary/aromatic N) is 2. The fraction of sp³-hybridized carbons (Fsp3) is 0.759. The van der Waals surface area contributed by atoms with E-state index in [0.717, 1.165) is 90.2 Å². The Kier molecular flexibility index (Phi) is 36.3. The Balaban J connectivity index is 2.73. The number of likely N-dealkylation sites (N-methyl/N-ethyl adjacent to an activating group) is 1. The number of carbonyl (C=O) groups excluding carboxylic acids is 11. The third kappa shape index (κ3) is 28.5. The summed E-state index contributed by atoms with van der Waals surface area (Å²) in [5.41, 5.74) is 15.8. The van der Waals surface area contributed by atoms with Crippen LogP contribution in [0.4, 0.5) is 0 Å². The number of ether oxygens (including phenoxy) is 3. The lowest BCUT2D eigenvalue weighted by molar-refractivity contribution is -0.311. The quantitative estimate of drug-likeness (QED) is 0.0110. The van der Waals surface area contributed by atoms with Crippen LogP contribution in [0.3, 0.4) is 0 Å². The highest BCUT2D eigenvalue weighted by Gasteiger charge is 2.45. The molecule has 0 aromatic rings. The number of allylic oxidation sites excluding steroid dienone is 1. The molecule has 0 aliphatic carbocycles. The molecule has 0 saturated carbocycles. The van der Waals surface area contributed by atoms with Crippen molar-refractivity contribution in [2.24, 2.45) is 28.1 Å². The zero-order valence-corrected chi connectivity index (χ0v) is 53.5. The molecule has 0 aromatic carbocycles. The molecule has 20 N–H and O–H groups in total. The van der Waals surface area contributed by atoms with Crippen LogP contribution in [-0.4, -0.2) is 231 Å². The molecule has 0 unspecified atom stereocenters. The smallest absolute Gasteiger partial charge is 0.328 e. The first-order valence-electron chi connectivity index (χ1n) is 31.0. The second-order valence-corrected chi connectivity index (χ2v) is 23.3. The lowest BCUT2D eigenvalue weighted by Crippen LogP contribution is -2.62. The van der Waals surface area contributed by atoms with Crippen LogP contribution in [0.15, 0.2) is 16.8 Å². The molecule has 0 bridgehead atoms. The fourth-order valence-corrected chi connectivity index (χ4v) is 9.88. The summed E-state index contributed by atoms with van der Waals surface area (Å²) in [7, 11) is 1.09. The van der Waals surface area contributed by atoms with E-state index >= 15 is 0 Å². The van der Waals surface area contributed by atoms with Gasteiger partial charge in [0.2, 0.25) is 53.2 Å². The second-order valence-electron chi connectivity index (χ2n) is 23.3. The van der Waals surface area contributed by atoms with Crippen molar-refractivity contribution in [3.8, 4) is 0 Å². The minimum atomic E-state index is -2.07. The molecule has 2 saturated heterocycles. The molecule has 518 valence electrons. The number of hydrogen-bond acceptors (Lipinski definition) is 21. The Morgan fingerprint density at radius 1 is 0.747 bits per heavy atom. The molecule has 91 heavy (non-hydrogen) atoms. The van der Waals surface area contributed by atoms with Gasteiger partial charge in [0.15, 0.2) is 12.2 Å². The molecule has 2 rings (SSSR count). The van der Waals surface area contributed by atoms with Crippen LogP contribution in [0, 0.1) is 5.92 Å². The molecule has 33 nitrogen and oxygen atoms in total. The van der Waals surface area contributed by atoms with E-state index in [1.807, 2.05) is 0 Å². The number of esters is 1. The molecular weight excluding hydrogens is 1200 g/mol. The van der Waals surface area contributed by atoms with Crippen LogP contribution in [-0.2, 0) is 67.0 Å². The SMILES string of the molecule is C/C=C(\NC(=O)C[C@@H](CCCCCCCCCCC)O[C@H]1O[C@H](CO)[C@@H](O)[C@H](O)[C@H]1O)C(=O)N[C@@H]1C(=O)N[C@H]([C@@H](C)O)C(=O)N[C@H](CC(C)C)C(=O)NCC(=O)N[C@H](CCC(N)=O)C(=O)NCC(=O)N(C)[C@@H]([C@H](C)O)C(=O)N[C@@H](CCCN=C(N)N)C(=O)O[C@@H]1C. The van der Waals surface area contributed by atoms with Crippen molar-refractivity contribution in [3.05, 3.63) is 11.8 Å². The minimum absolute atomic E-state index is 0.0421. The van der Waals surface area contributed by atoms with Crippen LogP contribution in [0.25, 0.3) is 0 Å². The lowest BCUT2D eigenvalue weighted by atomic mass is 9.99. The Labute approximate surface area is 530 Å². The first-order chi connectivity index (χ1) is 42.9. The van der Waals surface area contributed by atoms with Gasteiger partial charge < -0.3 is 109 Å². The van der Waals surface area contributed by atoms with E-state index in [-0.39, 0.29) is 50.5 Å². The predicted octanol–water partition coefficient (Wildman–Crippen LogP) is -4.94. The topological polar surface area (TPSA) is 527 Å². The summed E-state index contributed by atoms with van der Waals surface area (Å²) in [5, 5.41) is 82.6. The van der Waals surface area contributed by atoms with Gasteiger partial charge >= 0.3 is 5.97 Å². The van der Waals surface area contributed by atoms with Crippen molar-refractivity contribution in [1.82, 2.24) is 47.4 Å². The predicted molar refractivity (Wildman–Crippen MR) is 326 cm³/mol. The highest BCUT2D eigenvalue weighted by Crippen LogP contribution is 2.26. The molecular formula is C58H101N13O20. The summed E-state index contributed by atoms with van der Waals surface area (Å²) in [6, 6.07) is -10.5. The molecule has 0 aromatic heterocycles. The number of hydrogen-bond donors (Lipinski definition) is 17. The molecule has 2 heterocycles. The minimum Gasteiger partial charge on any atom is -0.458 e. The number of aliphatic hydroxyl groups excluding tert-OH is 6. The number of aliphatic hydroxyl groups is 6. The lowest BCUT2D eigenvalue weighted by Gasteiger charge is -2.40. The number of nitrogens with one attached hydrogen (secondary N) is 8. The maximum Gasteiger partial charge on any atom is 0.328 e. The van der Waals surface area contributed by atoms with Gasteiger partial charge in [-0.25, -0.2) is 4.79 Å². The summed E-state index contributed by atoms with van der Waals surface area (Å²) in [6.45, 7) is 7.68. The molecule has 2 aliphatic rings. The third-order valence-electron chi connectivity index (χ3n) is 15.0. The van der Waals surface area contributed by atoms with Crippen LogP contribution >= 0.6 is 0 Å². The first-order valence-corrected chi connectivity index (χ1v) is 31.0. The third-order valence-corrected chi connectivity index (χ3v) is 15.0. The Morgan fingerprint density at radius 3 is 1.92 bits per heavy atom. The highest BCUT2D eigenvalue weighted by molar-refractivity contribution is 6.01. The molecule has 2 fully saturated rings. The van der Waals surface area contributed by atoms with Gasteiger partial charge in [0.1, 0.15) is 72.5 Å². The van der Waals surface area contributed by atoms with Crippen molar-refractivity contribution in [3.63, 3.8) is 0 Å². The van der Waals surface area contributed by atoms with Gasteiger partial charge in [-0.15, -0.1) is 0 Å². The number of aliphatic imine (C=N–C) groups is 1. The number of primary amides is 1. The number of cyclic esters (lactones) is 1. The average molecular weight is 1300 g/mol. The fourth-order valence-electron chi connectivity index (χ4n) is 9.88. The Hall–Kier alpha value is -7.14. The van der Waals surface area contributed by atoms with E-state index in [2.05, 4.69) is 54.5 Å². The zero-order valence-electron chi connectivity index (χ0n) is 53.5. The number of guanidine groups is 1. The number of nitrogens with two attached hydrogens (primary N) is 3.